The largest absolute Gasteiger partial charge is 0.497 e. The Labute approximate surface area is 179 Å². The van der Waals surface area contributed by atoms with E-state index in [4.69, 9.17) is 4.74 Å². The highest BCUT2D eigenvalue weighted by atomic mass is 32.2. The van der Waals surface area contributed by atoms with Crippen molar-refractivity contribution >= 4 is 22.0 Å². The minimum atomic E-state index is -3.65. The fourth-order valence-corrected chi connectivity index (χ4v) is 4.50. The third-order valence-electron chi connectivity index (χ3n) is 4.77. The van der Waals surface area contributed by atoms with E-state index in [0.29, 0.717) is 11.3 Å². The molecular formula is C21H22F2N2O5S. The van der Waals surface area contributed by atoms with Gasteiger partial charge in [0.2, 0.25) is 15.9 Å². The molecule has 1 saturated heterocycles. The van der Waals surface area contributed by atoms with Crippen LogP contribution in [-0.4, -0.2) is 63.4 Å². The summed E-state index contributed by atoms with van der Waals surface area (Å²) in [5, 5.41) is 0. The van der Waals surface area contributed by atoms with E-state index in [1.165, 1.54) is 41.8 Å². The van der Waals surface area contributed by atoms with Crippen molar-refractivity contribution in [3.05, 3.63) is 60.2 Å². The molecule has 7 nitrogen and oxygen atoms in total. The minimum Gasteiger partial charge on any atom is -0.497 e. The van der Waals surface area contributed by atoms with Crippen molar-refractivity contribution in [1.82, 2.24) is 9.21 Å². The first-order chi connectivity index (χ1) is 14.8. The molecule has 31 heavy (non-hydrogen) atoms. The normalized spacial score (nSPS) is 15.4. The highest BCUT2D eigenvalue weighted by Crippen LogP contribution is 2.21. The number of benzene rings is 2. The molecule has 0 spiro atoms. The summed E-state index contributed by atoms with van der Waals surface area (Å²) in [6.45, 7) is -1.99. The molecule has 2 aromatic carbocycles. The van der Waals surface area contributed by atoms with Gasteiger partial charge in [-0.2, -0.15) is 13.1 Å². The number of hydrogen-bond acceptors (Lipinski definition) is 5. The number of nitrogens with zero attached hydrogens (tertiary/aromatic N) is 2. The van der Waals surface area contributed by atoms with Gasteiger partial charge >= 0.3 is 6.61 Å². The van der Waals surface area contributed by atoms with Gasteiger partial charge in [-0.3, -0.25) is 4.79 Å². The zero-order valence-electron chi connectivity index (χ0n) is 16.8. The van der Waals surface area contributed by atoms with Gasteiger partial charge in [0.25, 0.3) is 0 Å². The molecule has 0 atom stereocenters. The second-order valence-electron chi connectivity index (χ2n) is 6.69. The Kier molecular flexibility index (Phi) is 7.24. The van der Waals surface area contributed by atoms with Crippen LogP contribution in [0, 0.1) is 0 Å². The number of methoxy groups -OCH3 is 1. The van der Waals surface area contributed by atoms with Crippen LogP contribution in [0.3, 0.4) is 0 Å². The Bertz CT molecular complexity index is 1020. The number of amides is 1. The SMILES string of the molecule is COc1ccc(S(=O)(=O)N2CCN(C(=O)/C=C/c3ccc(OC(F)F)cc3)CC2)cc1. The summed E-state index contributed by atoms with van der Waals surface area (Å²) >= 11 is 0. The maximum Gasteiger partial charge on any atom is 0.387 e. The van der Waals surface area contributed by atoms with Gasteiger partial charge < -0.3 is 14.4 Å². The van der Waals surface area contributed by atoms with Crippen LogP contribution in [-0.2, 0) is 14.8 Å². The number of alkyl halides is 2. The third-order valence-corrected chi connectivity index (χ3v) is 6.68. The number of carbonyl (C=O) groups excluding carboxylic acids is 1. The molecule has 0 bridgehead atoms. The standard InChI is InChI=1S/C21H22F2N2O5S/c1-29-17-7-9-19(10-8-17)31(27,28)25-14-12-24(13-15-25)20(26)11-4-16-2-5-18(6-3-16)30-21(22)23/h2-11,21H,12-15H2,1H3/b11-4+. The molecule has 2 aromatic rings. The maximum absolute atomic E-state index is 12.8. The van der Waals surface area contributed by atoms with E-state index in [-0.39, 0.29) is 42.7 Å². The molecular weight excluding hydrogens is 430 g/mol. The van der Waals surface area contributed by atoms with E-state index in [0.717, 1.165) is 0 Å². The number of hydrogen-bond donors (Lipinski definition) is 0. The van der Waals surface area contributed by atoms with Crippen LogP contribution in [0.5, 0.6) is 11.5 Å². The summed E-state index contributed by atoms with van der Waals surface area (Å²) < 4.78 is 60.6. The molecule has 0 saturated carbocycles. The fraction of sp³-hybridized carbons (Fsp3) is 0.286. The van der Waals surface area contributed by atoms with Crippen LogP contribution in [0.25, 0.3) is 6.08 Å². The lowest BCUT2D eigenvalue weighted by Gasteiger charge is -2.33. The zero-order chi connectivity index (χ0) is 22.4. The number of carbonyl (C=O) groups is 1. The second kappa shape index (κ2) is 9.88. The van der Waals surface area contributed by atoms with Crippen molar-refractivity contribution in [2.45, 2.75) is 11.5 Å². The van der Waals surface area contributed by atoms with Crippen molar-refractivity contribution in [2.24, 2.45) is 0 Å². The molecule has 1 fully saturated rings. The molecule has 1 amide bonds. The van der Waals surface area contributed by atoms with Gasteiger partial charge in [-0.25, -0.2) is 8.42 Å². The quantitative estimate of drug-likeness (QED) is 0.604. The molecule has 0 N–H and O–H groups in total. The van der Waals surface area contributed by atoms with Gasteiger partial charge in [-0.15, -0.1) is 0 Å². The Morgan fingerprint density at radius 2 is 1.55 bits per heavy atom. The van der Waals surface area contributed by atoms with E-state index in [1.54, 1.807) is 35.2 Å². The maximum atomic E-state index is 12.8. The summed E-state index contributed by atoms with van der Waals surface area (Å²) in [5.41, 5.74) is 0.649. The second-order valence-corrected chi connectivity index (χ2v) is 8.62. The molecule has 0 unspecified atom stereocenters. The molecule has 3 rings (SSSR count). The Morgan fingerprint density at radius 1 is 0.968 bits per heavy atom. The van der Waals surface area contributed by atoms with Crippen molar-refractivity contribution in [3.8, 4) is 11.5 Å². The van der Waals surface area contributed by atoms with Gasteiger partial charge in [0, 0.05) is 32.3 Å². The molecule has 166 valence electrons. The van der Waals surface area contributed by atoms with Crippen LogP contribution in [0.15, 0.2) is 59.5 Å². The molecule has 1 aliphatic heterocycles. The fourth-order valence-electron chi connectivity index (χ4n) is 3.08. The summed E-state index contributed by atoms with van der Waals surface area (Å²) in [4.78, 5) is 14.1. The Balaban J connectivity index is 1.56. The molecule has 1 heterocycles. The average Bonchev–Trinajstić information content (AvgIpc) is 2.78. The van der Waals surface area contributed by atoms with Crippen molar-refractivity contribution in [2.75, 3.05) is 33.3 Å². The van der Waals surface area contributed by atoms with Crippen LogP contribution in [0.4, 0.5) is 8.78 Å². The highest BCUT2D eigenvalue weighted by molar-refractivity contribution is 7.89. The number of halogens is 2. The molecule has 0 radical (unpaired) electrons. The zero-order valence-corrected chi connectivity index (χ0v) is 17.6. The van der Waals surface area contributed by atoms with E-state index in [2.05, 4.69) is 4.74 Å². The Hall–Kier alpha value is -2.98. The highest BCUT2D eigenvalue weighted by Gasteiger charge is 2.29. The van der Waals surface area contributed by atoms with Gasteiger partial charge in [0.15, 0.2) is 0 Å². The predicted molar refractivity (Wildman–Crippen MR) is 110 cm³/mol. The van der Waals surface area contributed by atoms with Crippen molar-refractivity contribution in [3.63, 3.8) is 0 Å². The van der Waals surface area contributed by atoms with Crippen LogP contribution < -0.4 is 9.47 Å². The van der Waals surface area contributed by atoms with Crippen LogP contribution in [0.1, 0.15) is 5.56 Å². The first-order valence-electron chi connectivity index (χ1n) is 9.45. The van der Waals surface area contributed by atoms with E-state index >= 15 is 0 Å². The number of sulfonamides is 1. The number of piperazine rings is 1. The first kappa shape index (κ1) is 22.7. The van der Waals surface area contributed by atoms with Gasteiger partial charge in [0.1, 0.15) is 11.5 Å². The third kappa shape index (κ3) is 5.80. The summed E-state index contributed by atoms with van der Waals surface area (Å²) in [6.07, 6.45) is 2.94. The van der Waals surface area contributed by atoms with Gasteiger partial charge in [-0.05, 0) is 48.0 Å². The lowest BCUT2D eigenvalue weighted by molar-refractivity contribution is -0.127. The lowest BCUT2D eigenvalue weighted by Crippen LogP contribution is -2.50. The molecule has 0 aromatic heterocycles. The number of ether oxygens (including phenoxy) is 2. The van der Waals surface area contributed by atoms with Gasteiger partial charge in [0.05, 0.1) is 12.0 Å². The van der Waals surface area contributed by atoms with Crippen molar-refractivity contribution in [1.29, 1.82) is 0 Å². The Morgan fingerprint density at radius 3 is 2.10 bits per heavy atom. The average molecular weight is 452 g/mol. The summed E-state index contributed by atoms with van der Waals surface area (Å²) in [5.74, 6) is 0.347. The van der Waals surface area contributed by atoms with E-state index in [1.807, 2.05) is 0 Å². The van der Waals surface area contributed by atoms with Crippen molar-refractivity contribution < 1.29 is 31.5 Å². The lowest BCUT2D eigenvalue weighted by atomic mass is 10.2. The topological polar surface area (TPSA) is 76.2 Å². The molecule has 0 aliphatic carbocycles. The van der Waals surface area contributed by atoms with Gasteiger partial charge in [-0.1, -0.05) is 12.1 Å². The smallest absolute Gasteiger partial charge is 0.387 e. The summed E-state index contributed by atoms with van der Waals surface area (Å²) in [7, 11) is -2.14. The molecule has 1 aliphatic rings. The number of rotatable bonds is 7. The minimum absolute atomic E-state index is 0.0349. The predicted octanol–water partition coefficient (Wildman–Crippen LogP) is 2.84. The van der Waals surface area contributed by atoms with E-state index in [9.17, 15) is 22.0 Å². The monoisotopic (exact) mass is 452 g/mol. The van der Waals surface area contributed by atoms with Crippen LogP contribution >= 0.6 is 0 Å². The summed E-state index contributed by atoms with van der Waals surface area (Å²) in [6, 6.07) is 12.0. The first-order valence-corrected chi connectivity index (χ1v) is 10.9. The molecule has 10 heteroatoms. The van der Waals surface area contributed by atoms with Crippen LogP contribution in [0.2, 0.25) is 0 Å². The van der Waals surface area contributed by atoms with E-state index < -0.39 is 16.6 Å².